The molecule has 120 valence electrons. The molecule has 0 aromatic heterocycles. The van der Waals surface area contributed by atoms with Crippen LogP contribution in [0.4, 0.5) is 21.5 Å². The van der Waals surface area contributed by atoms with Gasteiger partial charge in [-0.2, -0.15) is 0 Å². The van der Waals surface area contributed by atoms with Crippen molar-refractivity contribution in [3.05, 3.63) is 53.8 Å². The zero-order valence-electron chi connectivity index (χ0n) is 13.2. The highest BCUT2D eigenvalue weighted by molar-refractivity contribution is 5.84. The smallest absolute Gasteiger partial charge is 0.127 e. The Bertz CT molecular complexity index is 712. The molecule has 0 saturated heterocycles. The Morgan fingerprint density at radius 2 is 1.83 bits per heavy atom. The van der Waals surface area contributed by atoms with E-state index in [1.807, 2.05) is 18.2 Å². The van der Waals surface area contributed by atoms with E-state index in [1.165, 1.54) is 12.1 Å². The summed E-state index contributed by atoms with van der Waals surface area (Å²) in [5.74, 6) is -0.261. The van der Waals surface area contributed by atoms with Crippen LogP contribution in [0.15, 0.2) is 47.5 Å². The molecule has 23 heavy (non-hydrogen) atoms. The molecule has 2 aromatic rings. The monoisotopic (exact) mass is 312 g/mol. The molecule has 0 bridgehead atoms. The normalized spacial score (nSPS) is 18.9. The van der Waals surface area contributed by atoms with Gasteiger partial charge in [-0.3, -0.25) is 4.99 Å². The van der Waals surface area contributed by atoms with Gasteiger partial charge >= 0.3 is 0 Å². The fraction of sp³-hybridized carbons (Fsp3) is 0.316. The highest BCUT2D eigenvalue weighted by Gasteiger charge is 2.33. The molecule has 1 aliphatic heterocycles. The van der Waals surface area contributed by atoms with Crippen molar-refractivity contribution in [1.82, 2.24) is 0 Å². The van der Waals surface area contributed by atoms with Crippen LogP contribution in [0.1, 0.15) is 38.2 Å². The Balaban J connectivity index is 1.80. The topological polar surface area (TPSA) is 44.6 Å². The lowest BCUT2D eigenvalue weighted by molar-refractivity contribution is 0.107. The average molecular weight is 312 g/mol. The molecule has 2 N–H and O–H groups in total. The van der Waals surface area contributed by atoms with Gasteiger partial charge in [-0.05, 0) is 55.3 Å². The van der Waals surface area contributed by atoms with Crippen LogP contribution in [0.2, 0.25) is 0 Å². The van der Waals surface area contributed by atoms with Gasteiger partial charge in [0.05, 0.1) is 5.69 Å². The molecule has 0 aliphatic carbocycles. The molecule has 2 aromatic carbocycles. The van der Waals surface area contributed by atoms with E-state index in [2.05, 4.69) is 17.2 Å². The zero-order valence-corrected chi connectivity index (χ0v) is 13.2. The minimum absolute atomic E-state index is 0.261. The summed E-state index contributed by atoms with van der Waals surface area (Å²) in [6, 6.07) is 11.9. The molecule has 1 unspecified atom stereocenters. The van der Waals surface area contributed by atoms with Gasteiger partial charge in [-0.15, -0.1) is 0 Å². The number of aliphatic hydroxyl groups is 1. The molecule has 4 heteroatoms. The Labute approximate surface area is 135 Å². The molecule has 1 atom stereocenters. The summed E-state index contributed by atoms with van der Waals surface area (Å²) < 4.78 is 13.0. The van der Waals surface area contributed by atoms with E-state index in [0.717, 1.165) is 41.9 Å². The van der Waals surface area contributed by atoms with Crippen molar-refractivity contribution < 1.29 is 9.50 Å². The first-order valence-electron chi connectivity index (χ1n) is 8.05. The summed E-state index contributed by atoms with van der Waals surface area (Å²) in [4.78, 5) is 4.34. The third kappa shape index (κ3) is 3.42. The van der Waals surface area contributed by atoms with Gasteiger partial charge in [0.25, 0.3) is 0 Å². The molecule has 0 saturated carbocycles. The molecule has 3 rings (SSSR count). The van der Waals surface area contributed by atoms with E-state index in [0.29, 0.717) is 6.42 Å². The van der Waals surface area contributed by atoms with Crippen molar-refractivity contribution in [3.8, 4) is 0 Å². The summed E-state index contributed by atoms with van der Waals surface area (Å²) in [5.41, 5.74) is 2.33. The van der Waals surface area contributed by atoms with Gasteiger partial charge in [0.2, 0.25) is 0 Å². The lowest BCUT2D eigenvalue weighted by atomic mass is 9.90. The van der Waals surface area contributed by atoms with Crippen LogP contribution >= 0.6 is 0 Å². The van der Waals surface area contributed by atoms with Gasteiger partial charge in [-0.1, -0.05) is 19.8 Å². The van der Waals surface area contributed by atoms with Crippen LogP contribution in [0.5, 0.6) is 0 Å². The van der Waals surface area contributed by atoms with E-state index in [4.69, 9.17) is 0 Å². The van der Waals surface area contributed by atoms with Crippen LogP contribution in [-0.2, 0) is 5.60 Å². The Kier molecular flexibility index (Phi) is 4.44. The maximum atomic E-state index is 13.0. The number of fused-ring (bicyclic) bond motifs is 1. The van der Waals surface area contributed by atoms with Crippen molar-refractivity contribution in [3.63, 3.8) is 0 Å². The van der Waals surface area contributed by atoms with Crippen molar-refractivity contribution in [1.29, 1.82) is 0 Å². The van der Waals surface area contributed by atoms with Crippen molar-refractivity contribution in [2.45, 2.75) is 38.2 Å². The molecular weight excluding hydrogens is 291 g/mol. The second-order valence-corrected chi connectivity index (χ2v) is 6.00. The quantitative estimate of drug-likeness (QED) is 0.733. The molecule has 3 nitrogen and oxygen atoms in total. The molecular formula is C19H21FN2O. The average Bonchev–Trinajstić information content (AvgIpc) is 2.87. The number of aliphatic imine (C=N–C) groups is 1. The first-order chi connectivity index (χ1) is 11.1. The van der Waals surface area contributed by atoms with E-state index in [1.54, 1.807) is 18.3 Å². The second kappa shape index (κ2) is 6.50. The van der Waals surface area contributed by atoms with Crippen molar-refractivity contribution in [2.75, 3.05) is 5.32 Å². The maximum absolute atomic E-state index is 13.0. The predicted octanol–water partition coefficient (Wildman–Crippen LogP) is 5.05. The summed E-state index contributed by atoms with van der Waals surface area (Å²) in [5, 5.41) is 14.1. The SMILES string of the molecule is CCCCCC1(O)C=Nc2ccc(Nc3ccc(F)cc3)cc21. The number of halogens is 1. The van der Waals surface area contributed by atoms with Crippen LogP contribution in [0.25, 0.3) is 0 Å². The lowest BCUT2D eigenvalue weighted by Crippen LogP contribution is -2.24. The largest absolute Gasteiger partial charge is 0.379 e. The maximum Gasteiger partial charge on any atom is 0.127 e. The highest BCUT2D eigenvalue weighted by Crippen LogP contribution is 2.40. The zero-order chi connectivity index (χ0) is 16.3. The first kappa shape index (κ1) is 15.7. The number of hydrogen-bond acceptors (Lipinski definition) is 3. The Morgan fingerprint density at radius 3 is 2.57 bits per heavy atom. The molecule has 0 fully saturated rings. The third-order valence-electron chi connectivity index (χ3n) is 4.17. The van der Waals surface area contributed by atoms with E-state index in [-0.39, 0.29) is 5.82 Å². The van der Waals surface area contributed by atoms with Crippen LogP contribution in [0.3, 0.4) is 0 Å². The first-order valence-corrected chi connectivity index (χ1v) is 8.05. The molecule has 0 amide bonds. The van der Waals surface area contributed by atoms with E-state index in [9.17, 15) is 9.50 Å². The van der Waals surface area contributed by atoms with Crippen molar-refractivity contribution >= 4 is 23.3 Å². The van der Waals surface area contributed by atoms with Gasteiger partial charge in [0, 0.05) is 23.2 Å². The number of unbranched alkanes of at least 4 members (excludes halogenated alkanes) is 2. The fourth-order valence-electron chi connectivity index (χ4n) is 2.86. The fourth-order valence-corrected chi connectivity index (χ4v) is 2.86. The predicted molar refractivity (Wildman–Crippen MR) is 92.3 cm³/mol. The summed E-state index contributed by atoms with van der Waals surface area (Å²) in [7, 11) is 0. The van der Waals surface area contributed by atoms with E-state index < -0.39 is 5.60 Å². The number of anilines is 2. The number of nitrogens with zero attached hydrogens (tertiary/aromatic N) is 1. The molecule has 1 aliphatic rings. The third-order valence-corrected chi connectivity index (χ3v) is 4.17. The molecule has 1 heterocycles. The number of rotatable bonds is 6. The van der Waals surface area contributed by atoms with E-state index >= 15 is 0 Å². The van der Waals surface area contributed by atoms with Crippen LogP contribution in [-0.4, -0.2) is 11.3 Å². The minimum Gasteiger partial charge on any atom is -0.379 e. The minimum atomic E-state index is -0.981. The standard InChI is InChI=1S/C19H21FN2O/c1-2-3-4-11-19(23)13-21-18-10-9-16(12-17(18)19)22-15-7-5-14(20)6-8-15/h5-10,12-13,22-23H,2-4,11H2,1H3. The number of benzene rings is 2. The lowest BCUT2D eigenvalue weighted by Gasteiger charge is -2.22. The van der Waals surface area contributed by atoms with Crippen LogP contribution < -0.4 is 5.32 Å². The summed E-state index contributed by atoms with van der Waals surface area (Å²) >= 11 is 0. The van der Waals surface area contributed by atoms with Crippen LogP contribution in [0, 0.1) is 5.82 Å². The number of nitrogens with one attached hydrogen (secondary N) is 1. The summed E-state index contributed by atoms with van der Waals surface area (Å²) in [6.07, 6.45) is 5.51. The second-order valence-electron chi connectivity index (χ2n) is 6.00. The van der Waals surface area contributed by atoms with Gasteiger partial charge in [0.15, 0.2) is 0 Å². The van der Waals surface area contributed by atoms with Gasteiger partial charge < -0.3 is 10.4 Å². The Morgan fingerprint density at radius 1 is 1.09 bits per heavy atom. The highest BCUT2D eigenvalue weighted by atomic mass is 19.1. The number of hydrogen-bond donors (Lipinski definition) is 2. The summed E-state index contributed by atoms with van der Waals surface area (Å²) in [6.45, 7) is 2.14. The van der Waals surface area contributed by atoms with Gasteiger partial charge in [-0.25, -0.2) is 4.39 Å². The Hall–Kier alpha value is -2.20. The van der Waals surface area contributed by atoms with Crippen molar-refractivity contribution in [2.24, 2.45) is 4.99 Å². The molecule has 0 spiro atoms. The van der Waals surface area contributed by atoms with Gasteiger partial charge in [0.1, 0.15) is 11.4 Å². The molecule has 0 radical (unpaired) electrons.